The van der Waals surface area contributed by atoms with Gasteiger partial charge in [-0.3, -0.25) is 0 Å². The average Bonchev–Trinajstić information content (AvgIpc) is 2.91. The molecule has 1 aliphatic carbocycles. The number of halogens is 2. The van der Waals surface area contributed by atoms with Crippen molar-refractivity contribution in [1.82, 2.24) is 15.3 Å². The number of hydrogen-bond acceptors (Lipinski definition) is 8. The minimum absolute atomic E-state index is 0.137. The lowest BCUT2D eigenvalue weighted by Crippen LogP contribution is -2.42. The van der Waals surface area contributed by atoms with Gasteiger partial charge in [0.1, 0.15) is 11.6 Å². The van der Waals surface area contributed by atoms with Gasteiger partial charge in [0.15, 0.2) is 0 Å². The summed E-state index contributed by atoms with van der Waals surface area (Å²) < 4.78 is 39.9. The van der Waals surface area contributed by atoms with Crippen LogP contribution in [0.3, 0.4) is 0 Å². The van der Waals surface area contributed by atoms with Gasteiger partial charge in [0, 0.05) is 62.3 Å². The summed E-state index contributed by atoms with van der Waals surface area (Å²) in [5.74, 6) is -0.630. The van der Waals surface area contributed by atoms with Gasteiger partial charge < -0.3 is 25.4 Å². The summed E-state index contributed by atoms with van der Waals surface area (Å²) in [6.45, 7) is 4.07. The second-order valence-corrected chi connectivity index (χ2v) is 10.2. The van der Waals surface area contributed by atoms with Crippen LogP contribution in [0.1, 0.15) is 45.4 Å². The van der Waals surface area contributed by atoms with Crippen molar-refractivity contribution in [2.45, 2.75) is 63.6 Å². The summed E-state index contributed by atoms with van der Waals surface area (Å²) in [7, 11) is 1.71. The Hall–Kier alpha value is -2.87. The summed E-state index contributed by atoms with van der Waals surface area (Å²) in [6.07, 6.45) is 7.66. The number of nitrogens with zero attached hydrogens (tertiary/aromatic N) is 3. The number of pyridine rings is 2. The van der Waals surface area contributed by atoms with E-state index in [0.717, 1.165) is 25.7 Å². The highest BCUT2D eigenvalue weighted by Crippen LogP contribution is 2.32. The fourth-order valence-corrected chi connectivity index (χ4v) is 5.13. The van der Waals surface area contributed by atoms with Crippen molar-refractivity contribution in [1.29, 1.82) is 5.26 Å². The second kappa shape index (κ2) is 12.6. The minimum atomic E-state index is -0.693. The molecule has 1 saturated heterocycles. The van der Waals surface area contributed by atoms with Crippen molar-refractivity contribution in [3.05, 3.63) is 36.3 Å². The van der Waals surface area contributed by atoms with Crippen LogP contribution in [-0.2, 0) is 9.47 Å². The number of hydrogen-bond donors (Lipinski definition) is 3. The molecule has 4 rings (SSSR count). The summed E-state index contributed by atoms with van der Waals surface area (Å²) in [6, 6.07) is 6.55. The van der Waals surface area contributed by atoms with E-state index in [1.807, 2.05) is 0 Å². The molecule has 200 valence electrons. The lowest BCUT2D eigenvalue weighted by molar-refractivity contribution is 0.0456. The van der Waals surface area contributed by atoms with Crippen molar-refractivity contribution in [3.63, 3.8) is 0 Å². The van der Waals surface area contributed by atoms with Gasteiger partial charge in [0.2, 0.25) is 5.95 Å². The van der Waals surface area contributed by atoms with Gasteiger partial charge in [-0.05, 0) is 57.6 Å². The first-order chi connectivity index (χ1) is 17.9. The van der Waals surface area contributed by atoms with Crippen molar-refractivity contribution >= 4 is 11.5 Å². The Labute approximate surface area is 217 Å². The number of rotatable bonds is 10. The van der Waals surface area contributed by atoms with Crippen LogP contribution >= 0.6 is 0 Å². The molecule has 37 heavy (non-hydrogen) atoms. The Bertz CT molecular complexity index is 1080. The van der Waals surface area contributed by atoms with Crippen LogP contribution in [0.4, 0.5) is 20.3 Å². The number of nitriles is 1. The highest BCUT2D eigenvalue weighted by Gasteiger charge is 2.33. The van der Waals surface area contributed by atoms with Crippen LogP contribution in [0, 0.1) is 28.5 Å². The summed E-state index contributed by atoms with van der Waals surface area (Å²) >= 11 is 0. The van der Waals surface area contributed by atoms with Gasteiger partial charge in [0.05, 0.1) is 30.0 Å². The maximum atomic E-state index is 14.8. The number of aromatic nitrogens is 2. The molecule has 2 aliphatic rings. The predicted octanol–water partition coefficient (Wildman–Crippen LogP) is 4.50. The van der Waals surface area contributed by atoms with E-state index < -0.39 is 17.2 Å². The second-order valence-electron chi connectivity index (χ2n) is 10.2. The predicted molar refractivity (Wildman–Crippen MR) is 138 cm³/mol. The van der Waals surface area contributed by atoms with E-state index in [2.05, 4.69) is 38.9 Å². The molecule has 8 nitrogen and oxygen atoms in total. The third kappa shape index (κ3) is 7.12. The van der Waals surface area contributed by atoms with Crippen LogP contribution < -0.4 is 16.0 Å². The Morgan fingerprint density at radius 1 is 1.14 bits per heavy atom. The molecule has 1 atom stereocenters. The lowest BCUT2D eigenvalue weighted by atomic mass is 9.81. The molecule has 0 radical (unpaired) electrons. The molecule has 2 fully saturated rings. The first-order valence-corrected chi connectivity index (χ1v) is 13.0. The molecule has 0 aromatic carbocycles. The molecule has 1 saturated carbocycles. The molecule has 2 aromatic rings. The van der Waals surface area contributed by atoms with Crippen LogP contribution in [0.5, 0.6) is 0 Å². The molecule has 3 heterocycles. The van der Waals surface area contributed by atoms with Gasteiger partial charge in [-0.15, -0.1) is 0 Å². The summed E-state index contributed by atoms with van der Waals surface area (Å²) in [5.41, 5.74) is 0.233. The molecule has 0 spiro atoms. The van der Waals surface area contributed by atoms with Crippen molar-refractivity contribution in [2.24, 2.45) is 5.41 Å². The van der Waals surface area contributed by atoms with E-state index in [1.165, 1.54) is 18.5 Å². The van der Waals surface area contributed by atoms with Crippen molar-refractivity contribution < 1.29 is 18.3 Å². The lowest BCUT2D eigenvalue weighted by Gasteiger charge is -2.32. The number of nitrogens with one attached hydrogen (secondary N) is 3. The maximum absolute atomic E-state index is 14.8. The third-order valence-corrected chi connectivity index (χ3v) is 7.33. The number of methoxy groups -OCH3 is 1. The topological polar surface area (TPSA) is 104 Å². The van der Waals surface area contributed by atoms with Gasteiger partial charge >= 0.3 is 0 Å². The quantitative estimate of drug-likeness (QED) is 0.398. The van der Waals surface area contributed by atoms with Crippen LogP contribution in [0.25, 0.3) is 11.1 Å². The highest BCUT2D eigenvalue weighted by atomic mass is 19.1. The molecule has 3 N–H and O–H groups in total. The fourth-order valence-electron chi connectivity index (χ4n) is 5.13. The van der Waals surface area contributed by atoms with Crippen molar-refractivity contribution in [2.75, 3.05) is 44.1 Å². The largest absolute Gasteiger partial charge is 0.383 e. The molecule has 0 amide bonds. The van der Waals surface area contributed by atoms with E-state index in [0.29, 0.717) is 56.1 Å². The van der Waals surface area contributed by atoms with Gasteiger partial charge in [-0.2, -0.15) is 9.65 Å². The van der Waals surface area contributed by atoms with Crippen LogP contribution in [0.2, 0.25) is 0 Å². The molecule has 2 aromatic heterocycles. The highest BCUT2D eigenvalue weighted by molar-refractivity contribution is 5.69. The smallest absolute Gasteiger partial charge is 0.236 e. The molecule has 1 aliphatic heterocycles. The Morgan fingerprint density at radius 2 is 1.86 bits per heavy atom. The average molecular weight is 515 g/mol. The van der Waals surface area contributed by atoms with E-state index in [-0.39, 0.29) is 23.8 Å². The molecular formula is C27H36F2N6O2. The van der Waals surface area contributed by atoms with E-state index in [9.17, 15) is 14.0 Å². The molecular weight excluding hydrogens is 478 g/mol. The monoisotopic (exact) mass is 514 g/mol. The van der Waals surface area contributed by atoms with E-state index >= 15 is 0 Å². The standard InChI is InChI=1S/C27H36F2N6O2/c1-18(15-36-2)34-20-3-5-21(6-4-20)35-25-12-22(23(28)14-31-25)19-11-24(26(29)32-13-19)33-17-27(16-30)7-9-37-10-8-27/h11-14,18,20-21,33-34H,3-10,15,17H2,1-2H3,(H,31,35)/t18-,20?,21?/m1/s1. The Balaban J connectivity index is 1.41. The van der Waals surface area contributed by atoms with Gasteiger partial charge in [0.25, 0.3) is 0 Å². The molecule has 0 unspecified atom stereocenters. The minimum Gasteiger partial charge on any atom is -0.383 e. The van der Waals surface area contributed by atoms with Gasteiger partial charge in [-0.1, -0.05) is 0 Å². The fraction of sp³-hybridized carbons (Fsp3) is 0.593. The van der Waals surface area contributed by atoms with Crippen LogP contribution in [0.15, 0.2) is 24.5 Å². The summed E-state index contributed by atoms with van der Waals surface area (Å²) in [4.78, 5) is 8.07. The summed E-state index contributed by atoms with van der Waals surface area (Å²) in [5, 5.41) is 19.7. The molecule has 10 heteroatoms. The van der Waals surface area contributed by atoms with E-state index in [4.69, 9.17) is 9.47 Å². The zero-order valence-corrected chi connectivity index (χ0v) is 21.5. The number of ether oxygens (including phenoxy) is 2. The normalized spacial score (nSPS) is 22.1. The molecule has 0 bridgehead atoms. The van der Waals surface area contributed by atoms with Crippen molar-refractivity contribution in [3.8, 4) is 17.2 Å². The first kappa shape index (κ1) is 27.2. The van der Waals surface area contributed by atoms with E-state index in [1.54, 1.807) is 13.2 Å². The third-order valence-electron chi connectivity index (χ3n) is 7.33. The number of anilines is 2. The Morgan fingerprint density at radius 3 is 2.57 bits per heavy atom. The zero-order chi connectivity index (χ0) is 26.3. The van der Waals surface area contributed by atoms with Gasteiger partial charge in [-0.25, -0.2) is 14.4 Å². The zero-order valence-electron chi connectivity index (χ0n) is 21.5. The first-order valence-electron chi connectivity index (χ1n) is 13.0. The maximum Gasteiger partial charge on any atom is 0.236 e. The SMILES string of the molecule is COC[C@@H](C)NC1CCC(Nc2cc(-c3cnc(F)c(NCC4(C#N)CCOCC4)c3)c(F)cn2)CC1. The van der Waals surface area contributed by atoms with Crippen LogP contribution in [-0.4, -0.2) is 61.6 Å². The Kier molecular flexibility index (Phi) is 9.24.